The van der Waals surface area contributed by atoms with Gasteiger partial charge in [0.15, 0.2) is 5.78 Å². The first-order valence-corrected chi connectivity index (χ1v) is 8.07. The molecule has 0 spiro atoms. The van der Waals surface area contributed by atoms with Gasteiger partial charge in [0, 0.05) is 11.6 Å². The molecule has 0 radical (unpaired) electrons. The van der Waals surface area contributed by atoms with Crippen LogP contribution in [0, 0.1) is 5.82 Å². The van der Waals surface area contributed by atoms with Crippen molar-refractivity contribution in [3.63, 3.8) is 0 Å². The first-order chi connectivity index (χ1) is 11.1. The molecule has 24 heavy (non-hydrogen) atoms. The zero-order valence-electron chi connectivity index (χ0n) is 11.8. The maximum atomic E-state index is 13.2. The van der Waals surface area contributed by atoms with E-state index in [1.165, 1.54) is 0 Å². The van der Waals surface area contributed by atoms with Gasteiger partial charge in [-0.2, -0.15) is 13.2 Å². The Balaban J connectivity index is 2.13. The lowest BCUT2D eigenvalue weighted by Gasteiger charge is -2.17. The maximum absolute atomic E-state index is 13.2. The quantitative estimate of drug-likeness (QED) is 0.576. The van der Waals surface area contributed by atoms with Crippen LogP contribution in [0.4, 0.5) is 17.6 Å². The van der Waals surface area contributed by atoms with Gasteiger partial charge < -0.3 is 0 Å². The van der Waals surface area contributed by atoms with Crippen molar-refractivity contribution in [3.8, 4) is 0 Å². The summed E-state index contributed by atoms with van der Waals surface area (Å²) in [6.45, 7) is 0. The normalized spacial score (nSPS) is 16.5. The number of alkyl halides is 3. The van der Waals surface area contributed by atoms with Gasteiger partial charge in [-0.15, -0.1) is 0 Å². The second-order valence-corrected chi connectivity index (χ2v) is 6.98. The average molecular weight is 356 g/mol. The third kappa shape index (κ3) is 2.62. The molecular formula is C16H8F4O3S. The fourth-order valence-electron chi connectivity index (χ4n) is 2.38. The van der Waals surface area contributed by atoms with E-state index in [1.54, 1.807) is 0 Å². The molecular weight excluding hydrogens is 348 g/mol. The molecule has 8 heteroatoms. The van der Waals surface area contributed by atoms with Gasteiger partial charge in [-0.1, -0.05) is 12.1 Å². The minimum atomic E-state index is -4.56. The number of rotatable bonds is 1. The number of ketones is 1. The van der Waals surface area contributed by atoms with E-state index in [-0.39, 0.29) is 16.0 Å². The van der Waals surface area contributed by atoms with Gasteiger partial charge in [0.05, 0.1) is 15.4 Å². The molecule has 1 heterocycles. The molecule has 0 aromatic heterocycles. The van der Waals surface area contributed by atoms with Crippen molar-refractivity contribution >= 4 is 20.5 Å². The maximum Gasteiger partial charge on any atom is 0.416 e. The average Bonchev–Trinajstić information content (AvgIpc) is 2.50. The Morgan fingerprint density at radius 2 is 1.54 bits per heavy atom. The molecule has 0 amide bonds. The van der Waals surface area contributed by atoms with Crippen LogP contribution in [0.1, 0.15) is 21.5 Å². The van der Waals surface area contributed by atoms with Gasteiger partial charge in [-0.25, -0.2) is 12.8 Å². The molecule has 0 N–H and O–H groups in total. The third-order valence-electron chi connectivity index (χ3n) is 3.55. The summed E-state index contributed by atoms with van der Waals surface area (Å²) in [6, 6.07) is 6.11. The number of hydrogen-bond acceptors (Lipinski definition) is 3. The second kappa shape index (κ2) is 5.27. The Kier molecular flexibility index (Phi) is 3.60. The van der Waals surface area contributed by atoms with Gasteiger partial charge in [0.2, 0.25) is 9.84 Å². The highest BCUT2D eigenvalue weighted by atomic mass is 32.2. The van der Waals surface area contributed by atoms with E-state index < -0.39 is 38.1 Å². The van der Waals surface area contributed by atoms with E-state index >= 15 is 0 Å². The van der Waals surface area contributed by atoms with Gasteiger partial charge in [-0.05, 0) is 35.9 Å². The van der Waals surface area contributed by atoms with Crippen molar-refractivity contribution in [2.24, 2.45) is 0 Å². The minimum absolute atomic E-state index is 0.0497. The summed E-state index contributed by atoms with van der Waals surface area (Å²) in [5.74, 6) is -1.49. The smallest absolute Gasteiger partial charge is 0.289 e. The van der Waals surface area contributed by atoms with Crippen LogP contribution in [0.5, 0.6) is 0 Å². The molecule has 0 fully saturated rings. The SMILES string of the molecule is O=C1C=C(c2ccc(C(F)(F)F)cc2)S(=O)(=O)c2ccc(F)cc21. The number of sulfone groups is 1. The third-order valence-corrected chi connectivity index (χ3v) is 5.41. The van der Waals surface area contributed by atoms with E-state index in [2.05, 4.69) is 0 Å². The summed E-state index contributed by atoms with van der Waals surface area (Å²) in [5.41, 5.74) is -1.29. The Morgan fingerprint density at radius 3 is 2.12 bits per heavy atom. The van der Waals surface area contributed by atoms with Crippen LogP contribution in [0.2, 0.25) is 0 Å². The molecule has 0 unspecified atom stereocenters. The van der Waals surface area contributed by atoms with Gasteiger partial charge in [-0.3, -0.25) is 4.79 Å². The largest absolute Gasteiger partial charge is 0.416 e. The molecule has 0 saturated carbocycles. The fourth-order valence-corrected chi connectivity index (χ4v) is 4.03. The van der Waals surface area contributed by atoms with E-state index in [1.807, 2.05) is 0 Å². The number of fused-ring (bicyclic) bond motifs is 1. The van der Waals surface area contributed by atoms with E-state index in [9.17, 15) is 30.8 Å². The van der Waals surface area contributed by atoms with E-state index in [4.69, 9.17) is 0 Å². The molecule has 2 aromatic rings. The predicted octanol–water partition coefficient (Wildman–Crippen LogP) is 3.86. The summed E-state index contributed by atoms with van der Waals surface area (Å²) in [6.07, 6.45) is -3.77. The van der Waals surface area contributed by atoms with Crippen LogP contribution in [0.3, 0.4) is 0 Å². The van der Waals surface area contributed by atoms with Crippen LogP contribution in [0.25, 0.3) is 4.91 Å². The lowest BCUT2D eigenvalue weighted by Crippen LogP contribution is -2.17. The second-order valence-electron chi connectivity index (χ2n) is 5.09. The molecule has 3 rings (SSSR count). The lowest BCUT2D eigenvalue weighted by molar-refractivity contribution is -0.137. The molecule has 124 valence electrons. The number of benzene rings is 2. The van der Waals surface area contributed by atoms with E-state index in [0.29, 0.717) is 0 Å². The highest BCUT2D eigenvalue weighted by molar-refractivity contribution is 8.00. The summed E-state index contributed by atoms with van der Waals surface area (Å²) in [5, 5.41) is 0. The Morgan fingerprint density at radius 1 is 0.917 bits per heavy atom. The number of hydrogen-bond donors (Lipinski definition) is 0. The van der Waals surface area contributed by atoms with Crippen molar-refractivity contribution in [2.45, 2.75) is 11.1 Å². The first kappa shape index (κ1) is 16.4. The molecule has 1 aliphatic rings. The lowest BCUT2D eigenvalue weighted by atomic mass is 10.1. The molecule has 0 bridgehead atoms. The van der Waals surface area contributed by atoms with Crippen LogP contribution in [-0.4, -0.2) is 14.2 Å². The predicted molar refractivity (Wildman–Crippen MR) is 77.3 cm³/mol. The topological polar surface area (TPSA) is 51.2 Å². The molecule has 3 nitrogen and oxygen atoms in total. The van der Waals surface area contributed by atoms with Gasteiger partial charge >= 0.3 is 6.18 Å². The molecule has 0 atom stereocenters. The van der Waals surface area contributed by atoms with Crippen LogP contribution >= 0.6 is 0 Å². The zero-order valence-corrected chi connectivity index (χ0v) is 12.6. The van der Waals surface area contributed by atoms with Crippen molar-refractivity contribution in [2.75, 3.05) is 0 Å². The van der Waals surface area contributed by atoms with Gasteiger partial charge in [0.25, 0.3) is 0 Å². The summed E-state index contributed by atoms with van der Waals surface area (Å²) in [7, 11) is -4.14. The van der Waals surface area contributed by atoms with Crippen LogP contribution in [0.15, 0.2) is 53.4 Å². The van der Waals surface area contributed by atoms with Crippen molar-refractivity contribution in [1.82, 2.24) is 0 Å². The molecule has 2 aromatic carbocycles. The monoisotopic (exact) mass is 356 g/mol. The molecule has 1 aliphatic heterocycles. The number of allylic oxidation sites excluding steroid dienone is 1. The Hall–Kier alpha value is -2.48. The fraction of sp³-hybridized carbons (Fsp3) is 0.0625. The van der Waals surface area contributed by atoms with Crippen LogP contribution < -0.4 is 0 Å². The number of carbonyl (C=O) groups excluding carboxylic acids is 1. The summed E-state index contributed by atoms with van der Waals surface area (Å²) < 4.78 is 76.1. The Labute approximate surface area is 134 Å². The van der Waals surface area contributed by atoms with Crippen LogP contribution in [-0.2, 0) is 16.0 Å². The van der Waals surface area contributed by atoms with Crippen molar-refractivity contribution in [1.29, 1.82) is 0 Å². The zero-order chi connectivity index (χ0) is 17.7. The molecule has 0 saturated heterocycles. The first-order valence-electron chi connectivity index (χ1n) is 6.59. The Bertz CT molecular complexity index is 971. The number of carbonyl (C=O) groups is 1. The van der Waals surface area contributed by atoms with E-state index in [0.717, 1.165) is 48.5 Å². The minimum Gasteiger partial charge on any atom is -0.289 e. The van der Waals surface area contributed by atoms with Crippen molar-refractivity contribution < 1.29 is 30.8 Å². The highest BCUT2D eigenvalue weighted by Crippen LogP contribution is 2.36. The number of halogens is 4. The standard InChI is InChI=1S/C16H8F4O3S/c17-11-5-6-14-12(7-11)13(21)8-15(24(14,22)23)9-1-3-10(4-2-9)16(18,19)20/h1-8H. The molecule has 0 aliphatic carbocycles. The summed E-state index contributed by atoms with van der Waals surface area (Å²) >= 11 is 0. The van der Waals surface area contributed by atoms with Gasteiger partial charge in [0.1, 0.15) is 5.82 Å². The highest BCUT2D eigenvalue weighted by Gasteiger charge is 2.34. The van der Waals surface area contributed by atoms with Crippen molar-refractivity contribution in [3.05, 3.63) is 71.0 Å². The summed E-state index contributed by atoms with van der Waals surface area (Å²) in [4.78, 5) is 11.3.